The Morgan fingerprint density at radius 1 is 1.18 bits per heavy atom. The van der Waals surface area contributed by atoms with Gasteiger partial charge in [0.25, 0.3) is 0 Å². The highest BCUT2D eigenvalue weighted by atomic mass is 32.2. The summed E-state index contributed by atoms with van der Waals surface area (Å²) in [5.41, 5.74) is -0.910. The summed E-state index contributed by atoms with van der Waals surface area (Å²) in [6.45, 7) is 7.13. The number of carboxylic acids is 2. The summed E-state index contributed by atoms with van der Waals surface area (Å²) in [5.74, 6) is -0.974. The van der Waals surface area contributed by atoms with E-state index in [-0.39, 0.29) is 6.42 Å². The van der Waals surface area contributed by atoms with Crippen molar-refractivity contribution < 1.29 is 19.8 Å². The van der Waals surface area contributed by atoms with Gasteiger partial charge in [-0.3, -0.25) is 9.59 Å². The third-order valence-electron chi connectivity index (χ3n) is 2.36. The van der Waals surface area contributed by atoms with Crippen molar-refractivity contribution >= 4 is 23.7 Å². The summed E-state index contributed by atoms with van der Waals surface area (Å²) >= 11 is 1.34. The second-order valence-electron chi connectivity index (χ2n) is 3.77. The van der Waals surface area contributed by atoms with Gasteiger partial charge in [0.2, 0.25) is 0 Å². The van der Waals surface area contributed by atoms with Crippen LogP contribution in [0.15, 0.2) is 25.3 Å². The van der Waals surface area contributed by atoms with Crippen LogP contribution < -0.4 is 0 Å². The topological polar surface area (TPSA) is 74.6 Å². The van der Waals surface area contributed by atoms with Gasteiger partial charge in [-0.05, 0) is 12.8 Å². The van der Waals surface area contributed by atoms with E-state index >= 15 is 0 Å². The molecule has 96 valence electrons. The number of hydrogen-bond acceptors (Lipinski definition) is 3. The Bertz CT molecular complexity index is 289. The summed E-state index contributed by atoms with van der Waals surface area (Å²) in [6, 6.07) is 0. The Morgan fingerprint density at radius 3 is 2.06 bits per heavy atom. The molecule has 0 heterocycles. The molecule has 0 radical (unpaired) electrons. The summed E-state index contributed by atoms with van der Waals surface area (Å²) in [7, 11) is 0. The zero-order valence-electron chi connectivity index (χ0n) is 9.72. The first-order chi connectivity index (χ1) is 7.98. The van der Waals surface area contributed by atoms with Gasteiger partial charge in [-0.25, -0.2) is 0 Å². The predicted octanol–water partition coefficient (Wildman–Crippen LogP) is 2.42. The van der Waals surface area contributed by atoms with Gasteiger partial charge in [0.05, 0.1) is 11.8 Å². The highest BCUT2D eigenvalue weighted by Gasteiger charge is 2.35. The number of aliphatic carboxylic acids is 2. The highest BCUT2D eigenvalue weighted by Crippen LogP contribution is 2.32. The van der Waals surface area contributed by atoms with Crippen molar-refractivity contribution in [1.29, 1.82) is 0 Å². The van der Waals surface area contributed by atoms with E-state index in [1.165, 1.54) is 11.8 Å². The Hall–Kier alpha value is -1.23. The molecule has 5 heteroatoms. The van der Waals surface area contributed by atoms with Crippen LogP contribution in [0.1, 0.15) is 19.3 Å². The molecule has 0 rings (SSSR count). The van der Waals surface area contributed by atoms with Crippen LogP contribution in [0.5, 0.6) is 0 Å². The van der Waals surface area contributed by atoms with E-state index in [1.807, 2.05) is 0 Å². The second kappa shape index (κ2) is 7.95. The van der Waals surface area contributed by atoms with Gasteiger partial charge in [-0.2, -0.15) is 11.8 Å². The molecule has 17 heavy (non-hydrogen) atoms. The molecular weight excluding hydrogens is 240 g/mol. The lowest BCUT2D eigenvalue weighted by Gasteiger charge is -2.26. The van der Waals surface area contributed by atoms with Gasteiger partial charge in [0, 0.05) is 11.5 Å². The van der Waals surface area contributed by atoms with Gasteiger partial charge in [-0.1, -0.05) is 12.2 Å². The molecule has 0 aromatic carbocycles. The number of carboxylic acid groups (broad SMARTS) is 2. The molecule has 0 saturated heterocycles. The largest absolute Gasteiger partial charge is 0.481 e. The molecule has 0 spiro atoms. The lowest BCUT2D eigenvalue weighted by Crippen LogP contribution is -2.33. The van der Waals surface area contributed by atoms with Crippen molar-refractivity contribution in [2.45, 2.75) is 19.3 Å². The van der Waals surface area contributed by atoms with E-state index in [0.29, 0.717) is 24.3 Å². The summed E-state index contributed by atoms with van der Waals surface area (Å²) < 4.78 is 0. The molecule has 0 aliphatic rings. The van der Waals surface area contributed by atoms with Gasteiger partial charge in [0.1, 0.15) is 0 Å². The molecule has 0 aromatic heterocycles. The standard InChI is InChI=1S/C12H18O4S/c1-3-6-12(7-4-2,11(15)16)9-17-8-5-10(13)14/h3-4H,1-2,5-9H2,(H,13,14)(H,15,16). The third kappa shape index (κ3) is 5.58. The van der Waals surface area contributed by atoms with Crippen LogP contribution in [0.3, 0.4) is 0 Å². The summed E-state index contributed by atoms with van der Waals surface area (Å²) in [4.78, 5) is 21.7. The number of thioether (sulfide) groups is 1. The molecule has 4 nitrogen and oxygen atoms in total. The van der Waals surface area contributed by atoms with Gasteiger partial charge >= 0.3 is 11.9 Å². The molecule has 0 aromatic rings. The number of hydrogen-bond donors (Lipinski definition) is 2. The molecular formula is C12H18O4S. The van der Waals surface area contributed by atoms with Crippen LogP contribution in [0.25, 0.3) is 0 Å². The maximum Gasteiger partial charge on any atom is 0.311 e. The van der Waals surface area contributed by atoms with Crippen LogP contribution in [0, 0.1) is 5.41 Å². The Kier molecular flexibility index (Phi) is 7.37. The molecule has 2 N–H and O–H groups in total. The first-order valence-electron chi connectivity index (χ1n) is 5.23. The van der Waals surface area contributed by atoms with Crippen molar-refractivity contribution in [3.8, 4) is 0 Å². The molecule has 0 bridgehead atoms. The molecule has 0 aliphatic carbocycles. The van der Waals surface area contributed by atoms with Crippen LogP contribution in [-0.2, 0) is 9.59 Å². The number of carbonyl (C=O) groups is 2. The van der Waals surface area contributed by atoms with Crippen molar-refractivity contribution in [2.24, 2.45) is 5.41 Å². The fourth-order valence-electron chi connectivity index (χ4n) is 1.42. The first kappa shape index (κ1) is 15.8. The highest BCUT2D eigenvalue weighted by molar-refractivity contribution is 7.99. The Morgan fingerprint density at radius 2 is 1.71 bits per heavy atom. The average molecular weight is 258 g/mol. The van der Waals surface area contributed by atoms with E-state index in [4.69, 9.17) is 5.11 Å². The zero-order chi connectivity index (χ0) is 13.3. The SMILES string of the molecule is C=CCC(CC=C)(CSCCC(=O)O)C(=O)O. The van der Waals surface area contributed by atoms with Gasteiger partial charge < -0.3 is 10.2 Å². The lowest BCUT2D eigenvalue weighted by atomic mass is 9.83. The van der Waals surface area contributed by atoms with E-state index in [1.54, 1.807) is 12.2 Å². The minimum atomic E-state index is -0.910. The fraction of sp³-hybridized carbons (Fsp3) is 0.500. The molecule has 0 saturated carbocycles. The van der Waals surface area contributed by atoms with E-state index in [2.05, 4.69) is 13.2 Å². The van der Waals surface area contributed by atoms with Gasteiger partial charge in [-0.15, -0.1) is 13.2 Å². The number of allylic oxidation sites excluding steroid dienone is 2. The van der Waals surface area contributed by atoms with Crippen molar-refractivity contribution in [1.82, 2.24) is 0 Å². The quantitative estimate of drug-likeness (QED) is 0.465. The summed E-state index contributed by atoms with van der Waals surface area (Å²) in [6.07, 6.45) is 3.91. The normalized spacial score (nSPS) is 10.8. The van der Waals surface area contributed by atoms with Crippen molar-refractivity contribution in [3.05, 3.63) is 25.3 Å². The molecule has 0 atom stereocenters. The molecule has 0 amide bonds. The van der Waals surface area contributed by atoms with Crippen molar-refractivity contribution in [2.75, 3.05) is 11.5 Å². The second-order valence-corrected chi connectivity index (χ2v) is 4.87. The van der Waals surface area contributed by atoms with Crippen LogP contribution in [0.2, 0.25) is 0 Å². The maximum atomic E-state index is 11.3. The fourth-order valence-corrected chi connectivity index (χ4v) is 2.63. The van der Waals surface area contributed by atoms with E-state index < -0.39 is 17.4 Å². The molecule has 0 fully saturated rings. The van der Waals surface area contributed by atoms with Crippen LogP contribution >= 0.6 is 11.8 Å². The monoisotopic (exact) mass is 258 g/mol. The van der Waals surface area contributed by atoms with Crippen LogP contribution in [-0.4, -0.2) is 33.7 Å². The molecule has 0 unspecified atom stereocenters. The summed E-state index contributed by atoms with van der Waals surface area (Å²) in [5, 5.41) is 17.8. The minimum absolute atomic E-state index is 0.0442. The predicted molar refractivity (Wildman–Crippen MR) is 69.3 cm³/mol. The van der Waals surface area contributed by atoms with E-state index in [9.17, 15) is 14.7 Å². The maximum absolute atomic E-state index is 11.3. The minimum Gasteiger partial charge on any atom is -0.481 e. The van der Waals surface area contributed by atoms with Crippen molar-refractivity contribution in [3.63, 3.8) is 0 Å². The van der Waals surface area contributed by atoms with E-state index in [0.717, 1.165) is 0 Å². The Balaban J connectivity index is 4.45. The zero-order valence-corrected chi connectivity index (χ0v) is 10.5. The lowest BCUT2D eigenvalue weighted by molar-refractivity contribution is -0.147. The first-order valence-corrected chi connectivity index (χ1v) is 6.38. The Labute approximate surface area is 105 Å². The number of rotatable bonds is 10. The average Bonchev–Trinajstić information content (AvgIpc) is 2.24. The smallest absolute Gasteiger partial charge is 0.311 e. The third-order valence-corrected chi connectivity index (χ3v) is 3.61. The molecule has 0 aliphatic heterocycles. The van der Waals surface area contributed by atoms with Crippen LogP contribution in [0.4, 0.5) is 0 Å². The van der Waals surface area contributed by atoms with Gasteiger partial charge in [0.15, 0.2) is 0 Å².